The first kappa shape index (κ1) is 12.6. The molecule has 3 rings (SSSR count). The number of nitrogens with zero attached hydrogens (tertiary/aromatic N) is 3. The number of benzene rings is 1. The highest BCUT2D eigenvalue weighted by atomic mass is 32.1. The van der Waals surface area contributed by atoms with Crippen LogP contribution in [0.4, 0.5) is 0 Å². The number of amides is 1. The molecule has 1 fully saturated rings. The summed E-state index contributed by atoms with van der Waals surface area (Å²) in [6, 6.07) is 9.02. The van der Waals surface area contributed by atoms with Gasteiger partial charge in [-0.1, -0.05) is 0 Å². The van der Waals surface area contributed by atoms with Gasteiger partial charge in [0, 0.05) is 5.38 Å². The minimum Gasteiger partial charge on any atom is -0.487 e. The summed E-state index contributed by atoms with van der Waals surface area (Å²) < 4.78 is 5.73. The predicted molar refractivity (Wildman–Crippen MR) is 73.6 cm³/mol. The Morgan fingerprint density at radius 2 is 2.15 bits per heavy atom. The first-order valence-electron chi connectivity index (χ1n) is 6.10. The number of hydrogen-bond acceptors (Lipinski definition) is 5. The van der Waals surface area contributed by atoms with E-state index in [1.54, 1.807) is 40.1 Å². The maximum Gasteiger partial charge on any atom is 0.273 e. The van der Waals surface area contributed by atoms with Crippen LogP contribution in [-0.4, -0.2) is 35.0 Å². The molecule has 6 heteroatoms. The first-order valence-corrected chi connectivity index (χ1v) is 7.05. The molecule has 5 nitrogen and oxygen atoms in total. The Morgan fingerprint density at radius 1 is 1.40 bits per heavy atom. The lowest BCUT2D eigenvalue weighted by Gasteiger charge is -2.38. The molecular weight excluding hydrogens is 274 g/mol. The molecule has 0 radical (unpaired) electrons. The summed E-state index contributed by atoms with van der Waals surface area (Å²) in [6.45, 7) is 1.13. The van der Waals surface area contributed by atoms with Crippen molar-refractivity contribution in [1.82, 2.24) is 9.88 Å². The molecule has 20 heavy (non-hydrogen) atoms. The van der Waals surface area contributed by atoms with Gasteiger partial charge < -0.3 is 9.64 Å². The molecule has 1 amide bonds. The Kier molecular flexibility index (Phi) is 3.35. The van der Waals surface area contributed by atoms with Crippen LogP contribution in [0.3, 0.4) is 0 Å². The number of hydrogen-bond donors (Lipinski definition) is 0. The van der Waals surface area contributed by atoms with Gasteiger partial charge in [-0.15, -0.1) is 11.3 Å². The van der Waals surface area contributed by atoms with Gasteiger partial charge in [-0.05, 0) is 24.3 Å². The molecule has 0 atom stereocenters. The molecule has 1 aliphatic heterocycles. The summed E-state index contributed by atoms with van der Waals surface area (Å²) in [5, 5.41) is 10.5. The minimum atomic E-state index is -0.0501. The number of carbonyl (C=O) groups excluding carboxylic acids is 1. The quantitative estimate of drug-likeness (QED) is 0.864. The van der Waals surface area contributed by atoms with E-state index in [4.69, 9.17) is 10.00 Å². The number of thiazole rings is 1. The third-order valence-corrected chi connectivity index (χ3v) is 3.66. The van der Waals surface area contributed by atoms with Crippen LogP contribution in [0.5, 0.6) is 5.75 Å². The van der Waals surface area contributed by atoms with Gasteiger partial charge in [0.1, 0.15) is 17.5 Å². The van der Waals surface area contributed by atoms with E-state index in [9.17, 15) is 4.79 Å². The van der Waals surface area contributed by atoms with Gasteiger partial charge >= 0.3 is 0 Å². The van der Waals surface area contributed by atoms with E-state index in [0.717, 1.165) is 5.75 Å². The Morgan fingerprint density at radius 3 is 2.75 bits per heavy atom. The average molecular weight is 285 g/mol. The van der Waals surface area contributed by atoms with Gasteiger partial charge in [0.2, 0.25) is 0 Å². The summed E-state index contributed by atoms with van der Waals surface area (Å²) >= 11 is 1.41. The van der Waals surface area contributed by atoms with Gasteiger partial charge in [-0.25, -0.2) is 4.98 Å². The zero-order valence-electron chi connectivity index (χ0n) is 10.5. The number of ether oxygens (including phenoxy) is 1. The van der Waals surface area contributed by atoms with E-state index in [1.807, 2.05) is 0 Å². The van der Waals surface area contributed by atoms with Crippen molar-refractivity contribution in [3.8, 4) is 11.8 Å². The average Bonchev–Trinajstić information content (AvgIpc) is 2.96. The van der Waals surface area contributed by atoms with E-state index in [2.05, 4.69) is 11.1 Å². The monoisotopic (exact) mass is 285 g/mol. The van der Waals surface area contributed by atoms with Crippen LogP contribution >= 0.6 is 11.3 Å². The fourth-order valence-corrected chi connectivity index (χ4v) is 2.48. The zero-order valence-corrected chi connectivity index (χ0v) is 11.3. The van der Waals surface area contributed by atoms with E-state index >= 15 is 0 Å². The second-order valence-electron chi connectivity index (χ2n) is 4.46. The first-order chi connectivity index (χ1) is 9.76. The van der Waals surface area contributed by atoms with Crippen LogP contribution < -0.4 is 4.74 Å². The Hall–Kier alpha value is -2.39. The SMILES string of the molecule is N#Cc1ccc(OC2CN(C(=O)c3cscn3)C2)cc1. The largest absolute Gasteiger partial charge is 0.487 e. The maximum absolute atomic E-state index is 11.9. The lowest BCUT2D eigenvalue weighted by molar-refractivity contribution is 0.0174. The van der Waals surface area contributed by atoms with Crippen LogP contribution in [-0.2, 0) is 0 Å². The number of carbonyl (C=O) groups is 1. The normalized spacial score (nSPS) is 14.4. The zero-order chi connectivity index (χ0) is 13.9. The maximum atomic E-state index is 11.9. The highest BCUT2D eigenvalue weighted by molar-refractivity contribution is 7.07. The number of aromatic nitrogens is 1. The molecule has 1 aliphatic rings. The van der Waals surface area contributed by atoms with Crippen molar-refractivity contribution in [3.63, 3.8) is 0 Å². The summed E-state index contributed by atoms with van der Waals surface area (Å²) in [7, 11) is 0. The van der Waals surface area contributed by atoms with Crippen LogP contribution in [0.2, 0.25) is 0 Å². The van der Waals surface area contributed by atoms with Crippen molar-refractivity contribution in [2.75, 3.05) is 13.1 Å². The van der Waals surface area contributed by atoms with E-state index in [-0.39, 0.29) is 12.0 Å². The van der Waals surface area contributed by atoms with E-state index in [1.165, 1.54) is 11.3 Å². The summed E-state index contributed by atoms with van der Waals surface area (Å²) in [5.41, 5.74) is 2.75. The molecule has 1 aromatic heterocycles. The van der Waals surface area contributed by atoms with Gasteiger partial charge in [0.25, 0.3) is 5.91 Å². The molecule has 1 aromatic carbocycles. The molecule has 0 saturated carbocycles. The van der Waals surface area contributed by atoms with E-state index in [0.29, 0.717) is 24.3 Å². The van der Waals surface area contributed by atoms with Crippen LogP contribution in [0.15, 0.2) is 35.2 Å². The van der Waals surface area contributed by atoms with Crippen LogP contribution in [0.25, 0.3) is 0 Å². The molecule has 0 N–H and O–H groups in total. The van der Waals surface area contributed by atoms with Crippen molar-refractivity contribution in [2.45, 2.75) is 6.10 Å². The van der Waals surface area contributed by atoms with Crippen LogP contribution in [0, 0.1) is 11.3 Å². The number of likely N-dealkylation sites (tertiary alicyclic amines) is 1. The summed E-state index contributed by atoms with van der Waals surface area (Å²) in [4.78, 5) is 17.7. The second kappa shape index (κ2) is 5.31. The fraction of sp³-hybridized carbons (Fsp3) is 0.214. The summed E-state index contributed by atoms with van der Waals surface area (Å²) in [5.74, 6) is 0.667. The standard InChI is InChI=1S/C14H11N3O2S/c15-5-10-1-3-11(4-2-10)19-12-6-17(7-12)14(18)13-8-20-9-16-13/h1-4,8-9,12H,6-7H2. The van der Waals surface area contributed by atoms with Crippen molar-refractivity contribution in [1.29, 1.82) is 5.26 Å². The van der Waals surface area contributed by atoms with Gasteiger partial charge in [0.05, 0.1) is 30.2 Å². The molecule has 2 heterocycles. The lowest BCUT2D eigenvalue weighted by atomic mass is 10.1. The third-order valence-electron chi connectivity index (χ3n) is 3.07. The minimum absolute atomic E-state index is 0.00511. The molecule has 0 aliphatic carbocycles. The third kappa shape index (κ3) is 2.49. The molecule has 0 spiro atoms. The number of nitriles is 1. The smallest absolute Gasteiger partial charge is 0.273 e. The highest BCUT2D eigenvalue weighted by Crippen LogP contribution is 2.20. The topological polar surface area (TPSA) is 66.2 Å². The molecule has 2 aromatic rings. The van der Waals surface area contributed by atoms with Crippen molar-refractivity contribution >= 4 is 17.2 Å². The molecule has 100 valence electrons. The molecular formula is C14H11N3O2S. The highest BCUT2D eigenvalue weighted by Gasteiger charge is 2.33. The Bertz CT molecular complexity index is 640. The van der Waals surface area contributed by atoms with Crippen molar-refractivity contribution < 1.29 is 9.53 Å². The Balaban J connectivity index is 1.53. The fourth-order valence-electron chi connectivity index (χ4n) is 1.96. The lowest BCUT2D eigenvalue weighted by Crippen LogP contribution is -2.56. The van der Waals surface area contributed by atoms with Gasteiger partial charge in [-0.2, -0.15) is 5.26 Å². The Labute approximate surface area is 120 Å². The van der Waals surface area contributed by atoms with Crippen molar-refractivity contribution in [3.05, 3.63) is 46.4 Å². The summed E-state index contributed by atoms with van der Waals surface area (Å²) in [6.07, 6.45) is 0.00511. The molecule has 1 saturated heterocycles. The molecule has 0 bridgehead atoms. The molecule has 0 unspecified atom stereocenters. The predicted octanol–water partition coefficient (Wildman–Crippen LogP) is 1.92. The van der Waals surface area contributed by atoms with Gasteiger partial charge in [0.15, 0.2) is 0 Å². The second-order valence-corrected chi connectivity index (χ2v) is 5.18. The van der Waals surface area contributed by atoms with Crippen molar-refractivity contribution in [2.24, 2.45) is 0 Å². The van der Waals surface area contributed by atoms with Gasteiger partial charge in [-0.3, -0.25) is 4.79 Å². The van der Waals surface area contributed by atoms with Crippen LogP contribution in [0.1, 0.15) is 16.1 Å². The van der Waals surface area contributed by atoms with E-state index < -0.39 is 0 Å². The number of rotatable bonds is 3.